The largest absolute Gasteiger partial charge is 0.488 e. The van der Waals surface area contributed by atoms with E-state index in [1.165, 1.54) is 12.1 Å². The Morgan fingerprint density at radius 2 is 2.05 bits per heavy atom. The number of nitro benzene ring substituents is 1. The molecule has 0 unspecified atom stereocenters. The highest BCUT2D eigenvalue weighted by molar-refractivity contribution is 5.59. The molecule has 0 saturated carbocycles. The van der Waals surface area contributed by atoms with Crippen molar-refractivity contribution in [2.24, 2.45) is 0 Å². The van der Waals surface area contributed by atoms with Crippen molar-refractivity contribution in [3.8, 4) is 11.8 Å². The van der Waals surface area contributed by atoms with Crippen LogP contribution in [0.1, 0.15) is 11.1 Å². The van der Waals surface area contributed by atoms with Crippen molar-refractivity contribution in [3.05, 3.63) is 63.7 Å². The maximum Gasteiger partial charge on any atom is 0.292 e. The minimum absolute atomic E-state index is 0.108. The van der Waals surface area contributed by atoms with Crippen molar-refractivity contribution in [2.45, 2.75) is 6.61 Å². The van der Waals surface area contributed by atoms with Crippen LogP contribution in [0.5, 0.6) is 5.75 Å². The summed E-state index contributed by atoms with van der Waals surface area (Å²) in [7, 11) is 0. The Morgan fingerprint density at radius 3 is 2.75 bits per heavy atom. The summed E-state index contributed by atoms with van der Waals surface area (Å²) in [6.07, 6.45) is 0. The minimum Gasteiger partial charge on any atom is -0.488 e. The van der Waals surface area contributed by atoms with Gasteiger partial charge in [-0.05, 0) is 23.8 Å². The molecule has 0 aliphatic rings. The number of nitro groups is 1. The Kier molecular flexibility index (Phi) is 3.82. The summed E-state index contributed by atoms with van der Waals surface area (Å²) in [5.41, 5.74) is 6.50. The van der Waals surface area contributed by atoms with Crippen LogP contribution in [0.2, 0.25) is 0 Å². The first-order chi connectivity index (χ1) is 9.61. The lowest BCUT2D eigenvalue weighted by atomic mass is 10.2. The van der Waals surface area contributed by atoms with Gasteiger partial charge >= 0.3 is 0 Å². The average Bonchev–Trinajstić information content (AvgIpc) is 2.46. The van der Waals surface area contributed by atoms with Crippen molar-refractivity contribution in [3.63, 3.8) is 0 Å². The Balaban J connectivity index is 2.18. The molecule has 0 bridgehead atoms. The van der Waals surface area contributed by atoms with Gasteiger partial charge in [0.05, 0.1) is 10.5 Å². The van der Waals surface area contributed by atoms with E-state index in [1.54, 1.807) is 30.3 Å². The van der Waals surface area contributed by atoms with Crippen LogP contribution in [0.3, 0.4) is 0 Å². The van der Waals surface area contributed by atoms with Gasteiger partial charge in [0.1, 0.15) is 24.1 Å². The first-order valence-corrected chi connectivity index (χ1v) is 5.76. The third kappa shape index (κ3) is 2.84. The minimum atomic E-state index is -0.540. The number of ether oxygens (including phenoxy) is 1. The second-order valence-corrected chi connectivity index (χ2v) is 4.05. The summed E-state index contributed by atoms with van der Waals surface area (Å²) in [4.78, 5) is 10.3. The van der Waals surface area contributed by atoms with Crippen LogP contribution in [0.25, 0.3) is 0 Å². The third-order valence-corrected chi connectivity index (χ3v) is 2.69. The molecule has 0 aliphatic carbocycles. The quantitative estimate of drug-likeness (QED) is 0.522. The standard InChI is InChI=1S/C14H11N3O3/c15-8-11-3-1-2-4-14(11)20-9-10-5-6-12(16)13(7-10)17(18)19/h1-7H,9,16H2. The average molecular weight is 269 g/mol. The number of nitrogen functional groups attached to an aromatic ring is 1. The summed E-state index contributed by atoms with van der Waals surface area (Å²) in [5, 5.41) is 19.7. The number of nitriles is 1. The summed E-state index contributed by atoms with van der Waals surface area (Å²) >= 11 is 0. The summed E-state index contributed by atoms with van der Waals surface area (Å²) in [6, 6.07) is 13.3. The van der Waals surface area contributed by atoms with Crippen LogP contribution >= 0.6 is 0 Å². The van der Waals surface area contributed by atoms with Gasteiger partial charge in [0.2, 0.25) is 0 Å². The normalized spacial score (nSPS) is 9.75. The van der Waals surface area contributed by atoms with Crippen LogP contribution in [-0.4, -0.2) is 4.92 Å². The number of benzene rings is 2. The molecule has 100 valence electrons. The number of hydrogen-bond donors (Lipinski definition) is 1. The third-order valence-electron chi connectivity index (χ3n) is 2.69. The highest BCUT2D eigenvalue weighted by Crippen LogP contribution is 2.24. The number of anilines is 1. The van der Waals surface area contributed by atoms with E-state index < -0.39 is 4.92 Å². The highest BCUT2D eigenvalue weighted by Gasteiger charge is 2.12. The second-order valence-electron chi connectivity index (χ2n) is 4.05. The monoisotopic (exact) mass is 269 g/mol. The highest BCUT2D eigenvalue weighted by atomic mass is 16.6. The molecule has 2 N–H and O–H groups in total. The fourth-order valence-corrected chi connectivity index (χ4v) is 1.68. The second kappa shape index (κ2) is 5.71. The van der Waals surface area contributed by atoms with Crippen molar-refractivity contribution >= 4 is 11.4 Å². The summed E-state index contributed by atoms with van der Waals surface area (Å²) in [6.45, 7) is 0.125. The van der Waals surface area contributed by atoms with Crippen molar-refractivity contribution in [2.75, 3.05) is 5.73 Å². The van der Waals surface area contributed by atoms with E-state index in [4.69, 9.17) is 15.7 Å². The van der Waals surface area contributed by atoms with Crippen molar-refractivity contribution in [1.29, 1.82) is 5.26 Å². The molecule has 0 saturated heterocycles. The van der Waals surface area contributed by atoms with E-state index in [2.05, 4.69) is 0 Å². The molecule has 2 rings (SSSR count). The van der Waals surface area contributed by atoms with E-state index >= 15 is 0 Å². The van der Waals surface area contributed by atoms with Gasteiger partial charge in [-0.2, -0.15) is 5.26 Å². The molecule has 0 aromatic heterocycles. The Labute approximate surface area is 115 Å². The van der Waals surface area contributed by atoms with Crippen LogP contribution in [0, 0.1) is 21.4 Å². The van der Waals surface area contributed by atoms with Gasteiger partial charge < -0.3 is 10.5 Å². The van der Waals surface area contributed by atoms with Crippen LogP contribution in [-0.2, 0) is 6.61 Å². The Morgan fingerprint density at radius 1 is 1.30 bits per heavy atom. The van der Waals surface area contributed by atoms with E-state index in [1.807, 2.05) is 6.07 Å². The topological polar surface area (TPSA) is 102 Å². The van der Waals surface area contributed by atoms with Gasteiger partial charge in [0, 0.05) is 6.07 Å². The van der Waals surface area contributed by atoms with Gasteiger partial charge in [0.25, 0.3) is 5.69 Å². The zero-order valence-electron chi connectivity index (χ0n) is 10.4. The molecule has 0 amide bonds. The summed E-state index contributed by atoms with van der Waals surface area (Å²) in [5.74, 6) is 0.439. The van der Waals surface area contributed by atoms with E-state index in [0.29, 0.717) is 16.9 Å². The first-order valence-electron chi connectivity index (χ1n) is 5.76. The number of rotatable bonds is 4. The maximum atomic E-state index is 10.8. The van der Waals surface area contributed by atoms with E-state index in [9.17, 15) is 10.1 Å². The molecule has 0 spiro atoms. The van der Waals surface area contributed by atoms with Crippen LogP contribution in [0.15, 0.2) is 42.5 Å². The lowest BCUT2D eigenvalue weighted by molar-refractivity contribution is -0.384. The Hall–Kier alpha value is -3.07. The predicted octanol–water partition coefficient (Wildman–Crippen LogP) is 2.63. The van der Waals surface area contributed by atoms with E-state index in [-0.39, 0.29) is 18.0 Å². The number of para-hydroxylation sites is 1. The van der Waals surface area contributed by atoms with Crippen LogP contribution < -0.4 is 10.5 Å². The number of nitrogens with two attached hydrogens (primary N) is 1. The summed E-state index contributed by atoms with van der Waals surface area (Å²) < 4.78 is 5.50. The lowest BCUT2D eigenvalue weighted by Gasteiger charge is -2.08. The van der Waals surface area contributed by atoms with Crippen molar-refractivity contribution < 1.29 is 9.66 Å². The fraction of sp³-hybridized carbons (Fsp3) is 0.0714. The molecule has 0 fully saturated rings. The molecule has 0 radical (unpaired) electrons. The smallest absolute Gasteiger partial charge is 0.292 e. The zero-order valence-corrected chi connectivity index (χ0v) is 10.4. The van der Waals surface area contributed by atoms with Gasteiger partial charge in [-0.15, -0.1) is 0 Å². The molecule has 2 aromatic rings. The molecule has 0 heterocycles. The lowest BCUT2D eigenvalue weighted by Crippen LogP contribution is -2.00. The molecule has 6 nitrogen and oxygen atoms in total. The molecule has 20 heavy (non-hydrogen) atoms. The molecular formula is C14H11N3O3. The number of hydrogen-bond acceptors (Lipinski definition) is 5. The van der Waals surface area contributed by atoms with Gasteiger partial charge in [0.15, 0.2) is 0 Å². The molecular weight excluding hydrogens is 258 g/mol. The van der Waals surface area contributed by atoms with E-state index in [0.717, 1.165) is 0 Å². The molecule has 6 heteroatoms. The first kappa shape index (κ1) is 13.4. The fourth-order valence-electron chi connectivity index (χ4n) is 1.68. The van der Waals surface area contributed by atoms with Gasteiger partial charge in [-0.3, -0.25) is 10.1 Å². The molecule has 0 atom stereocenters. The van der Waals surface area contributed by atoms with Gasteiger partial charge in [-0.1, -0.05) is 18.2 Å². The molecule has 2 aromatic carbocycles. The maximum absolute atomic E-state index is 10.8. The van der Waals surface area contributed by atoms with Crippen LogP contribution in [0.4, 0.5) is 11.4 Å². The predicted molar refractivity (Wildman–Crippen MR) is 73.0 cm³/mol. The molecule has 0 aliphatic heterocycles. The zero-order chi connectivity index (χ0) is 14.5. The number of nitrogens with zero attached hydrogens (tertiary/aromatic N) is 2. The SMILES string of the molecule is N#Cc1ccccc1OCc1ccc(N)c([N+](=O)[O-])c1. The van der Waals surface area contributed by atoms with Crippen molar-refractivity contribution in [1.82, 2.24) is 0 Å². The van der Waals surface area contributed by atoms with Gasteiger partial charge in [-0.25, -0.2) is 0 Å². The Bertz CT molecular complexity index is 692.